The first-order chi connectivity index (χ1) is 14.1. The lowest BCUT2D eigenvalue weighted by molar-refractivity contribution is -0.128. The summed E-state index contributed by atoms with van der Waals surface area (Å²) >= 11 is 1.36. The van der Waals surface area contributed by atoms with Crippen LogP contribution in [0.1, 0.15) is 44.2 Å². The van der Waals surface area contributed by atoms with Gasteiger partial charge in [-0.25, -0.2) is 0 Å². The van der Waals surface area contributed by atoms with Gasteiger partial charge in [-0.2, -0.15) is 0 Å². The first kappa shape index (κ1) is 19.9. The Balaban J connectivity index is 1.33. The van der Waals surface area contributed by atoms with E-state index < -0.39 is 0 Å². The molecule has 0 spiro atoms. The molecule has 0 unspecified atom stereocenters. The predicted molar refractivity (Wildman–Crippen MR) is 113 cm³/mol. The first-order valence-electron chi connectivity index (χ1n) is 10.3. The number of piperidine rings is 1. The number of amides is 2. The quantitative estimate of drug-likeness (QED) is 0.703. The highest BCUT2D eigenvalue weighted by Crippen LogP contribution is 2.41. The number of hydrogen-bond donors (Lipinski definition) is 1. The van der Waals surface area contributed by atoms with Crippen LogP contribution in [-0.4, -0.2) is 45.4 Å². The van der Waals surface area contributed by atoms with Crippen LogP contribution in [0.4, 0.5) is 5.95 Å². The van der Waals surface area contributed by atoms with Gasteiger partial charge in [0, 0.05) is 19.1 Å². The summed E-state index contributed by atoms with van der Waals surface area (Å²) < 4.78 is 2.19. The molecule has 154 valence electrons. The molecule has 1 aromatic carbocycles. The third-order valence-corrected chi connectivity index (χ3v) is 6.39. The number of aromatic nitrogens is 3. The summed E-state index contributed by atoms with van der Waals surface area (Å²) in [5.41, 5.74) is 0.888. The standard InChI is InChI=1S/C21H27N5O2S/c1-15-9-11-25(12-10-15)20-23-24-21(26(20)17-7-8-17)29-14-19(28)22-18(27)13-16-5-3-2-4-6-16/h2-6,15,17H,7-14H2,1H3,(H,22,27,28). The third kappa shape index (κ3) is 5.18. The lowest BCUT2D eigenvalue weighted by atomic mass is 10.00. The fourth-order valence-corrected chi connectivity index (χ4v) is 4.39. The second kappa shape index (κ2) is 8.98. The van der Waals surface area contributed by atoms with E-state index in [-0.39, 0.29) is 24.0 Å². The summed E-state index contributed by atoms with van der Waals surface area (Å²) in [4.78, 5) is 26.6. The van der Waals surface area contributed by atoms with Crippen molar-refractivity contribution in [3.05, 3.63) is 35.9 Å². The Bertz CT molecular complexity index is 857. The molecule has 2 fully saturated rings. The van der Waals surface area contributed by atoms with Crippen LogP contribution in [0.15, 0.2) is 35.5 Å². The van der Waals surface area contributed by atoms with E-state index in [2.05, 4.69) is 31.9 Å². The Hall–Kier alpha value is -2.35. The lowest BCUT2D eigenvalue weighted by Gasteiger charge is -2.31. The van der Waals surface area contributed by atoms with Gasteiger partial charge in [0.25, 0.3) is 0 Å². The Morgan fingerprint density at radius 3 is 2.48 bits per heavy atom. The molecule has 2 aromatic rings. The third-order valence-electron chi connectivity index (χ3n) is 5.44. The van der Waals surface area contributed by atoms with E-state index in [1.165, 1.54) is 24.6 Å². The van der Waals surface area contributed by atoms with E-state index in [1.54, 1.807) is 0 Å². The molecule has 1 saturated heterocycles. The van der Waals surface area contributed by atoms with E-state index in [1.807, 2.05) is 30.3 Å². The van der Waals surface area contributed by atoms with Gasteiger partial charge in [-0.1, -0.05) is 49.0 Å². The highest BCUT2D eigenvalue weighted by atomic mass is 32.2. The number of carbonyl (C=O) groups excluding carboxylic acids is 2. The predicted octanol–water partition coefficient (Wildman–Crippen LogP) is 2.83. The smallest absolute Gasteiger partial charge is 0.237 e. The maximum Gasteiger partial charge on any atom is 0.237 e. The summed E-state index contributed by atoms with van der Waals surface area (Å²) in [7, 11) is 0. The topological polar surface area (TPSA) is 80.1 Å². The second-order valence-corrected chi connectivity index (χ2v) is 8.92. The van der Waals surface area contributed by atoms with Crippen molar-refractivity contribution in [2.75, 3.05) is 23.7 Å². The van der Waals surface area contributed by atoms with Gasteiger partial charge >= 0.3 is 0 Å². The normalized spacial score (nSPS) is 17.3. The zero-order valence-corrected chi connectivity index (χ0v) is 17.5. The van der Waals surface area contributed by atoms with Gasteiger partial charge in [-0.05, 0) is 37.2 Å². The van der Waals surface area contributed by atoms with Crippen LogP contribution >= 0.6 is 11.8 Å². The van der Waals surface area contributed by atoms with Crippen molar-refractivity contribution < 1.29 is 9.59 Å². The molecule has 0 bridgehead atoms. The zero-order chi connectivity index (χ0) is 20.2. The molecule has 2 aliphatic rings. The number of nitrogens with zero attached hydrogens (tertiary/aromatic N) is 4. The average molecular weight is 414 g/mol. The van der Waals surface area contributed by atoms with Crippen LogP contribution in [0.5, 0.6) is 0 Å². The molecular weight excluding hydrogens is 386 g/mol. The van der Waals surface area contributed by atoms with Gasteiger partial charge in [-0.3, -0.25) is 19.5 Å². The minimum atomic E-state index is -0.297. The van der Waals surface area contributed by atoms with Gasteiger partial charge < -0.3 is 4.90 Å². The fourth-order valence-electron chi connectivity index (χ4n) is 3.59. The summed E-state index contributed by atoms with van der Waals surface area (Å²) in [6.45, 7) is 4.30. The minimum Gasteiger partial charge on any atom is -0.341 e. The Morgan fingerprint density at radius 2 is 1.79 bits per heavy atom. The summed E-state index contributed by atoms with van der Waals surface area (Å²) in [5, 5.41) is 12.0. The van der Waals surface area contributed by atoms with E-state index >= 15 is 0 Å². The molecule has 7 nitrogen and oxygen atoms in total. The fraction of sp³-hybridized carbons (Fsp3) is 0.524. The van der Waals surface area contributed by atoms with Crippen LogP contribution in [0.25, 0.3) is 0 Å². The molecule has 2 amide bonds. The average Bonchev–Trinajstić information content (AvgIpc) is 3.47. The van der Waals surface area contributed by atoms with Gasteiger partial charge in [0.15, 0.2) is 5.16 Å². The molecule has 1 saturated carbocycles. The number of imide groups is 1. The zero-order valence-electron chi connectivity index (χ0n) is 16.7. The van der Waals surface area contributed by atoms with Gasteiger partial charge in [0.05, 0.1) is 12.2 Å². The summed E-state index contributed by atoms with van der Waals surface area (Å²) in [6.07, 6.45) is 4.81. The van der Waals surface area contributed by atoms with Crippen LogP contribution in [-0.2, 0) is 16.0 Å². The van der Waals surface area contributed by atoms with Crippen LogP contribution < -0.4 is 10.2 Å². The van der Waals surface area contributed by atoms with E-state index in [9.17, 15) is 9.59 Å². The number of anilines is 1. The van der Waals surface area contributed by atoms with Crippen molar-refractivity contribution in [2.24, 2.45) is 5.92 Å². The Kier molecular flexibility index (Phi) is 6.18. The maximum absolute atomic E-state index is 12.2. The molecule has 1 N–H and O–H groups in total. The molecular formula is C21H27N5O2S. The molecule has 0 radical (unpaired) electrons. The van der Waals surface area contributed by atoms with Gasteiger partial charge in [0.2, 0.25) is 17.8 Å². The number of carbonyl (C=O) groups is 2. The highest BCUT2D eigenvalue weighted by Gasteiger charge is 2.32. The number of thioether (sulfide) groups is 1. The molecule has 1 aromatic heterocycles. The van der Waals surface area contributed by atoms with Crippen LogP contribution in [0, 0.1) is 5.92 Å². The molecule has 0 atom stereocenters. The Morgan fingerprint density at radius 1 is 1.07 bits per heavy atom. The first-order valence-corrected chi connectivity index (χ1v) is 11.3. The molecule has 8 heteroatoms. The largest absolute Gasteiger partial charge is 0.341 e. The van der Waals surface area contributed by atoms with Crippen molar-refractivity contribution >= 4 is 29.5 Å². The van der Waals surface area contributed by atoms with Gasteiger partial charge in [-0.15, -0.1) is 10.2 Å². The molecule has 1 aliphatic heterocycles. The van der Waals surface area contributed by atoms with Gasteiger partial charge in [0.1, 0.15) is 0 Å². The second-order valence-electron chi connectivity index (χ2n) is 7.98. The van der Waals surface area contributed by atoms with E-state index in [0.29, 0.717) is 6.04 Å². The number of rotatable bonds is 7. The van der Waals surface area contributed by atoms with E-state index in [0.717, 1.165) is 48.5 Å². The number of nitrogens with one attached hydrogen (secondary N) is 1. The van der Waals surface area contributed by atoms with E-state index in [4.69, 9.17) is 0 Å². The van der Waals surface area contributed by atoms with Crippen molar-refractivity contribution in [1.82, 2.24) is 20.1 Å². The van der Waals surface area contributed by atoms with Crippen molar-refractivity contribution in [2.45, 2.75) is 50.2 Å². The maximum atomic E-state index is 12.2. The highest BCUT2D eigenvalue weighted by molar-refractivity contribution is 7.99. The van der Waals surface area contributed by atoms with Crippen molar-refractivity contribution in [3.63, 3.8) is 0 Å². The summed E-state index contributed by atoms with van der Waals surface area (Å²) in [5.74, 6) is 1.27. The SMILES string of the molecule is CC1CCN(c2nnc(SCC(=O)NC(=O)Cc3ccccc3)n2C2CC2)CC1. The molecule has 1 aliphatic carbocycles. The minimum absolute atomic E-state index is 0.155. The molecule has 29 heavy (non-hydrogen) atoms. The number of hydrogen-bond acceptors (Lipinski definition) is 6. The van der Waals surface area contributed by atoms with Crippen molar-refractivity contribution in [3.8, 4) is 0 Å². The molecule has 4 rings (SSSR count). The van der Waals surface area contributed by atoms with Crippen molar-refractivity contribution in [1.29, 1.82) is 0 Å². The monoisotopic (exact) mass is 413 g/mol. The van der Waals surface area contributed by atoms with Crippen LogP contribution in [0.3, 0.4) is 0 Å². The summed E-state index contributed by atoms with van der Waals surface area (Å²) in [6, 6.07) is 9.85. The van der Waals surface area contributed by atoms with Crippen LogP contribution in [0.2, 0.25) is 0 Å². The Labute approximate surface area is 175 Å². The number of benzene rings is 1. The lowest BCUT2D eigenvalue weighted by Crippen LogP contribution is -2.35. The molecule has 2 heterocycles.